The van der Waals surface area contributed by atoms with E-state index in [1.165, 1.54) is 31.4 Å². The second-order valence-corrected chi connectivity index (χ2v) is 5.52. The normalized spacial score (nSPS) is 16.8. The Morgan fingerprint density at radius 3 is 2.68 bits per heavy atom. The van der Waals surface area contributed by atoms with Gasteiger partial charge in [0.15, 0.2) is 0 Å². The third kappa shape index (κ3) is 3.16. The first-order valence-corrected chi connectivity index (χ1v) is 7.61. The van der Waals surface area contributed by atoms with Crippen molar-refractivity contribution < 1.29 is 24.2 Å². The molecule has 1 aliphatic heterocycles. The van der Waals surface area contributed by atoms with Crippen LogP contribution in [0, 0.1) is 0 Å². The van der Waals surface area contributed by atoms with Gasteiger partial charge in [0.2, 0.25) is 5.91 Å². The zero-order chi connectivity index (χ0) is 18.0. The summed E-state index contributed by atoms with van der Waals surface area (Å²) in [5.74, 6) is -1.38. The summed E-state index contributed by atoms with van der Waals surface area (Å²) in [6.45, 7) is 0. The largest absolute Gasteiger partial charge is 0.495 e. The summed E-state index contributed by atoms with van der Waals surface area (Å²) in [6, 6.07) is 12.1. The average molecular weight is 340 g/mol. The molecule has 0 saturated carbocycles. The number of nitrogens with one attached hydrogen (secondary N) is 1. The first-order chi connectivity index (χ1) is 12.0. The number of aromatic carboxylic acids is 1. The van der Waals surface area contributed by atoms with Crippen molar-refractivity contribution >= 4 is 29.2 Å². The van der Waals surface area contributed by atoms with E-state index in [1.54, 1.807) is 24.3 Å². The number of hydrogen-bond acceptors (Lipinski definition) is 5. The van der Waals surface area contributed by atoms with E-state index in [1.807, 2.05) is 0 Å². The minimum absolute atomic E-state index is 0.0132. The Labute approximate surface area is 143 Å². The van der Waals surface area contributed by atoms with Crippen LogP contribution in [-0.4, -0.2) is 36.0 Å². The van der Waals surface area contributed by atoms with Gasteiger partial charge in [0.25, 0.3) is 5.91 Å². The fourth-order valence-corrected chi connectivity index (χ4v) is 2.75. The highest BCUT2D eigenvalue weighted by Crippen LogP contribution is 2.29. The van der Waals surface area contributed by atoms with Crippen molar-refractivity contribution in [2.75, 3.05) is 17.3 Å². The van der Waals surface area contributed by atoms with Gasteiger partial charge in [-0.2, -0.15) is 0 Å². The fraction of sp³-hybridized carbons (Fsp3) is 0.167. The maximum atomic E-state index is 12.7. The van der Waals surface area contributed by atoms with Crippen LogP contribution in [0.25, 0.3) is 0 Å². The number of hydrogen-bond donors (Lipinski definition) is 2. The van der Waals surface area contributed by atoms with Crippen molar-refractivity contribution in [3.05, 3.63) is 54.1 Å². The van der Waals surface area contributed by atoms with E-state index in [-0.39, 0.29) is 23.6 Å². The highest BCUT2D eigenvalue weighted by molar-refractivity contribution is 6.23. The van der Waals surface area contributed by atoms with Crippen LogP contribution in [0.3, 0.4) is 0 Å². The van der Waals surface area contributed by atoms with Crippen LogP contribution in [0.1, 0.15) is 16.8 Å². The Bertz CT molecular complexity index is 849. The molecule has 2 amide bonds. The number of carboxylic acid groups (broad SMARTS) is 1. The Hall–Kier alpha value is -3.35. The number of imide groups is 1. The fourth-order valence-electron chi connectivity index (χ4n) is 2.75. The predicted octanol–water partition coefficient (Wildman–Crippen LogP) is 2.14. The zero-order valence-corrected chi connectivity index (χ0v) is 13.4. The lowest BCUT2D eigenvalue weighted by atomic mass is 10.2. The number of amides is 2. The maximum Gasteiger partial charge on any atom is 0.335 e. The average Bonchev–Trinajstić information content (AvgIpc) is 2.89. The molecule has 0 aromatic heterocycles. The van der Waals surface area contributed by atoms with Crippen LogP contribution in [0.4, 0.5) is 11.4 Å². The molecule has 0 radical (unpaired) electrons. The van der Waals surface area contributed by atoms with E-state index in [9.17, 15) is 14.4 Å². The molecule has 1 saturated heterocycles. The van der Waals surface area contributed by atoms with E-state index in [0.717, 1.165) is 4.90 Å². The molecule has 1 unspecified atom stereocenters. The third-order valence-electron chi connectivity index (χ3n) is 3.93. The summed E-state index contributed by atoms with van der Waals surface area (Å²) in [6.07, 6.45) is -0.0197. The van der Waals surface area contributed by atoms with E-state index in [0.29, 0.717) is 11.4 Å². The number of nitrogens with zero attached hydrogens (tertiary/aromatic N) is 1. The van der Waals surface area contributed by atoms with Gasteiger partial charge in [-0.05, 0) is 30.3 Å². The molecule has 2 aromatic rings. The molecule has 1 aliphatic rings. The van der Waals surface area contributed by atoms with Gasteiger partial charge in [-0.3, -0.25) is 9.59 Å². The summed E-state index contributed by atoms with van der Waals surface area (Å²) in [7, 11) is 1.52. The van der Waals surface area contributed by atoms with Gasteiger partial charge in [0.05, 0.1) is 30.5 Å². The van der Waals surface area contributed by atoms with Crippen LogP contribution in [0.2, 0.25) is 0 Å². The molecule has 2 N–H and O–H groups in total. The molecule has 1 fully saturated rings. The number of benzene rings is 2. The van der Waals surface area contributed by atoms with Crippen molar-refractivity contribution in [2.45, 2.75) is 12.5 Å². The molecule has 0 bridgehead atoms. The highest BCUT2D eigenvalue weighted by atomic mass is 16.5. The molecule has 7 heteroatoms. The van der Waals surface area contributed by atoms with Gasteiger partial charge in [-0.1, -0.05) is 18.2 Å². The summed E-state index contributed by atoms with van der Waals surface area (Å²) in [5.41, 5.74) is 0.871. The molecule has 128 valence electrons. The Morgan fingerprint density at radius 1 is 1.20 bits per heavy atom. The van der Waals surface area contributed by atoms with Crippen LogP contribution < -0.4 is 15.0 Å². The summed E-state index contributed by atoms with van der Waals surface area (Å²) in [4.78, 5) is 37.1. The van der Waals surface area contributed by atoms with Crippen molar-refractivity contribution in [3.8, 4) is 5.75 Å². The quantitative estimate of drug-likeness (QED) is 0.810. The van der Waals surface area contributed by atoms with E-state index in [2.05, 4.69) is 5.32 Å². The van der Waals surface area contributed by atoms with Gasteiger partial charge in [-0.15, -0.1) is 0 Å². The molecular formula is C18H16N2O5. The lowest BCUT2D eigenvalue weighted by Crippen LogP contribution is -2.35. The second kappa shape index (κ2) is 6.64. The molecule has 7 nitrogen and oxygen atoms in total. The first kappa shape index (κ1) is 16.5. The number of rotatable bonds is 5. The Balaban J connectivity index is 1.85. The maximum absolute atomic E-state index is 12.7. The van der Waals surface area contributed by atoms with Gasteiger partial charge in [0, 0.05) is 0 Å². The molecule has 3 rings (SSSR count). The second-order valence-electron chi connectivity index (χ2n) is 5.52. The molecule has 1 heterocycles. The summed E-state index contributed by atoms with van der Waals surface area (Å²) < 4.78 is 5.23. The van der Waals surface area contributed by atoms with Gasteiger partial charge < -0.3 is 15.2 Å². The van der Waals surface area contributed by atoms with Crippen molar-refractivity contribution in [1.29, 1.82) is 0 Å². The van der Waals surface area contributed by atoms with Gasteiger partial charge in [-0.25, -0.2) is 9.69 Å². The van der Waals surface area contributed by atoms with E-state index < -0.39 is 17.9 Å². The van der Waals surface area contributed by atoms with Gasteiger partial charge in [0.1, 0.15) is 11.8 Å². The number of carbonyl (C=O) groups excluding carboxylic acids is 2. The summed E-state index contributed by atoms with van der Waals surface area (Å²) in [5, 5.41) is 12.1. The molecule has 0 spiro atoms. The number of methoxy groups -OCH3 is 1. The number of carboxylic acids is 1. The lowest BCUT2D eigenvalue weighted by Gasteiger charge is -2.17. The third-order valence-corrected chi connectivity index (χ3v) is 3.93. The van der Waals surface area contributed by atoms with Crippen molar-refractivity contribution in [1.82, 2.24) is 0 Å². The topological polar surface area (TPSA) is 95.9 Å². The predicted molar refractivity (Wildman–Crippen MR) is 90.9 cm³/mol. The molecular weight excluding hydrogens is 324 g/mol. The number of anilines is 2. The van der Waals surface area contributed by atoms with Crippen LogP contribution >= 0.6 is 0 Å². The number of ether oxygens (including phenoxy) is 1. The minimum atomic E-state index is -1.12. The lowest BCUT2D eigenvalue weighted by molar-refractivity contribution is -0.121. The van der Waals surface area contributed by atoms with Crippen LogP contribution in [0.5, 0.6) is 5.75 Å². The van der Waals surface area contributed by atoms with E-state index >= 15 is 0 Å². The standard InChI is InChI=1S/C18H16N2O5/c1-25-15-8-3-2-7-13(15)19-14-10-16(21)20(17(14)22)12-6-4-5-11(9-12)18(23)24/h2-9,14,19H,10H2,1H3,(H,23,24). The van der Waals surface area contributed by atoms with E-state index in [4.69, 9.17) is 9.84 Å². The molecule has 1 atom stereocenters. The minimum Gasteiger partial charge on any atom is -0.495 e. The van der Waals surface area contributed by atoms with Crippen LogP contribution in [-0.2, 0) is 9.59 Å². The highest BCUT2D eigenvalue weighted by Gasteiger charge is 2.40. The number of para-hydroxylation sites is 2. The van der Waals surface area contributed by atoms with Crippen LogP contribution in [0.15, 0.2) is 48.5 Å². The van der Waals surface area contributed by atoms with Crippen molar-refractivity contribution in [2.24, 2.45) is 0 Å². The monoisotopic (exact) mass is 340 g/mol. The summed E-state index contributed by atoms with van der Waals surface area (Å²) >= 11 is 0. The zero-order valence-electron chi connectivity index (χ0n) is 13.4. The smallest absolute Gasteiger partial charge is 0.335 e. The SMILES string of the molecule is COc1ccccc1NC1CC(=O)N(c2cccc(C(=O)O)c2)C1=O. The van der Waals surface area contributed by atoms with Crippen molar-refractivity contribution in [3.63, 3.8) is 0 Å². The molecule has 2 aromatic carbocycles. The molecule has 25 heavy (non-hydrogen) atoms. The molecule has 0 aliphatic carbocycles. The van der Waals surface area contributed by atoms with Gasteiger partial charge >= 0.3 is 5.97 Å². The number of carbonyl (C=O) groups is 3. The Morgan fingerprint density at radius 2 is 1.96 bits per heavy atom. The Kier molecular flexibility index (Phi) is 4.38. The first-order valence-electron chi connectivity index (χ1n) is 7.61.